The van der Waals surface area contributed by atoms with Crippen molar-refractivity contribution in [2.45, 2.75) is 13.2 Å². The normalized spacial score (nSPS) is 10.4. The van der Waals surface area contributed by atoms with E-state index < -0.39 is 0 Å². The third-order valence-electron chi connectivity index (χ3n) is 3.41. The predicted molar refractivity (Wildman–Crippen MR) is 92.1 cm³/mol. The molecule has 1 heterocycles. The minimum absolute atomic E-state index is 0.244. The molecule has 3 rings (SSSR count). The van der Waals surface area contributed by atoms with Crippen LogP contribution in [-0.2, 0) is 13.2 Å². The highest BCUT2D eigenvalue weighted by Crippen LogP contribution is 2.16. The number of hydrogen-bond donors (Lipinski definition) is 1. The molecular formula is C19H16ClNO3. The van der Waals surface area contributed by atoms with Crippen molar-refractivity contribution in [1.82, 2.24) is 5.32 Å². The second-order valence-electron chi connectivity index (χ2n) is 5.14. The maximum atomic E-state index is 12.1. The molecule has 4 nitrogen and oxygen atoms in total. The minimum atomic E-state index is -0.291. The Balaban J connectivity index is 1.55. The van der Waals surface area contributed by atoms with Gasteiger partial charge in [0.15, 0.2) is 5.76 Å². The van der Waals surface area contributed by atoms with Crippen LogP contribution in [0, 0.1) is 0 Å². The van der Waals surface area contributed by atoms with Gasteiger partial charge < -0.3 is 14.5 Å². The first kappa shape index (κ1) is 16.1. The van der Waals surface area contributed by atoms with Gasteiger partial charge in [-0.3, -0.25) is 4.79 Å². The number of hydrogen-bond acceptors (Lipinski definition) is 3. The van der Waals surface area contributed by atoms with Gasteiger partial charge in [-0.15, -0.1) is 0 Å². The van der Waals surface area contributed by atoms with Crippen LogP contribution in [0.15, 0.2) is 71.1 Å². The van der Waals surface area contributed by atoms with Gasteiger partial charge in [-0.05, 0) is 35.9 Å². The summed E-state index contributed by atoms with van der Waals surface area (Å²) in [4.78, 5) is 12.1. The first-order chi connectivity index (χ1) is 11.7. The number of furan rings is 1. The molecule has 0 fully saturated rings. The molecule has 1 aromatic heterocycles. The van der Waals surface area contributed by atoms with Crippen molar-refractivity contribution in [3.8, 4) is 5.75 Å². The summed E-state index contributed by atoms with van der Waals surface area (Å²) in [6.07, 6.45) is 0. The number of nitrogens with one attached hydrogen (secondary N) is 1. The number of carbonyl (C=O) groups excluding carboxylic acids is 1. The van der Waals surface area contributed by atoms with Crippen LogP contribution in [0.1, 0.15) is 21.9 Å². The zero-order chi connectivity index (χ0) is 16.8. The summed E-state index contributed by atoms with van der Waals surface area (Å²) >= 11 is 6.07. The fourth-order valence-corrected chi connectivity index (χ4v) is 2.36. The Morgan fingerprint density at radius 2 is 1.75 bits per heavy atom. The number of rotatable bonds is 6. The predicted octanol–water partition coefficient (Wildman–Crippen LogP) is 4.44. The van der Waals surface area contributed by atoms with E-state index in [9.17, 15) is 4.79 Å². The fraction of sp³-hybridized carbons (Fsp3) is 0.105. The van der Waals surface area contributed by atoms with Gasteiger partial charge >= 0.3 is 0 Å². The van der Waals surface area contributed by atoms with Crippen LogP contribution in [-0.4, -0.2) is 5.91 Å². The second kappa shape index (κ2) is 7.70. The van der Waals surface area contributed by atoms with E-state index in [1.807, 2.05) is 48.5 Å². The van der Waals surface area contributed by atoms with E-state index >= 15 is 0 Å². The molecule has 122 valence electrons. The molecule has 0 spiro atoms. The molecule has 1 N–H and O–H groups in total. The van der Waals surface area contributed by atoms with E-state index in [4.69, 9.17) is 20.8 Å². The lowest BCUT2D eigenvalue weighted by Gasteiger charge is -2.05. The molecule has 0 bridgehead atoms. The zero-order valence-corrected chi connectivity index (χ0v) is 13.6. The Bertz CT molecular complexity index is 814. The van der Waals surface area contributed by atoms with Gasteiger partial charge in [-0.25, -0.2) is 0 Å². The van der Waals surface area contributed by atoms with Gasteiger partial charge in [-0.2, -0.15) is 0 Å². The van der Waals surface area contributed by atoms with Crippen LogP contribution < -0.4 is 10.1 Å². The first-order valence-corrected chi connectivity index (χ1v) is 7.88. The topological polar surface area (TPSA) is 51.5 Å². The highest BCUT2D eigenvalue weighted by atomic mass is 35.5. The fourth-order valence-electron chi connectivity index (χ4n) is 2.15. The molecule has 1 amide bonds. The van der Waals surface area contributed by atoms with Crippen molar-refractivity contribution in [3.05, 3.63) is 88.8 Å². The maximum absolute atomic E-state index is 12.1. The summed E-state index contributed by atoms with van der Waals surface area (Å²) in [5, 5.41) is 3.40. The third-order valence-corrected chi connectivity index (χ3v) is 3.78. The number of halogens is 1. The van der Waals surface area contributed by atoms with E-state index in [0.717, 1.165) is 11.3 Å². The summed E-state index contributed by atoms with van der Waals surface area (Å²) in [6.45, 7) is 0.608. The molecule has 0 saturated carbocycles. The molecule has 0 saturated heterocycles. The first-order valence-electron chi connectivity index (χ1n) is 7.50. The number of amides is 1. The molecule has 0 aliphatic rings. The zero-order valence-electron chi connectivity index (χ0n) is 12.9. The molecule has 24 heavy (non-hydrogen) atoms. The van der Waals surface area contributed by atoms with Crippen molar-refractivity contribution < 1.29 is 13.9 Å². The molecule has 0 unspecified atom stereocenters. The van der Waals surface area contributed by atoms with Crippen LogP contribution in [0.2, 0.25) is 5.02 Å². The van der Waals surface area contributed by atoms with Gasteiger partial charge in [0.25, 0.3) is 5.91 Å². The van der Waals surface area contributed by atoms with E-state index in [1.165, 1.54) is 0 Å². The number of carbonyl (C=O) groups is 1. The summed E-state index contributed by atoms with van der Waals surface area (Å²) in [5.41, 5.74) is 0.853. The highest BCUT2D eigenvalue weighted by molar-refractivity contribution is 6.31. The van der Waals surface area contributed by atoms with Crippen LogP contribution >= 0.6 is 11.6 Å². The van der Waals surface area contributed by atoms with E-state index in [2.05, 4.69) is 5.32 Å². The van der Waals surface area contributed by atoms with Gasteiger partial charge in [0.2, 0.25) is 0 Å². The van der Waals surface area contributed by atoms with Crippen molar-refractivity contribution >= 4 is 17.5 Å². The molecule has 0 radical (unpaired) electrons. The number of benzene rings is 2. The Labute approximate surface area is 145 Å². The maximum Gasteiger partial charge on any atom is 0.287 e. The number of para-hydroxylation sites is 1. The molecular weight excluding hydrogens is 326 g/mol. The van der Waals surface area contributed by atoms with Crippen molar-refractivity contribution in [1.29, 1.82) is 0 Å². The van der Waals surface area contributed by atoms with Crippen LogP contribution in [0.5, 0.6) is 5.75 Å². The number of ether oxygens (including phenoxy) is 1. The smallest absolute Gasteiger partial charge is 0.287 e. The quantitative estimate of drug-likeness (QED) is 0.721. The summed E-state index contributed by atoms with van der Waals surface area (Å²) < 4.78 is 11.1. The standard InChI is InChI=1S/C19H16ClNO3/c20-17-9-5-4-6-14(17)12-21-19(22)18-11-10-16(24-18)13-23-15-7-2-1-3-8-15/h1-11H,12-13H2,(H,21,22). The summed E-state index contributed by atoms with van der Waals surface area (Å²) in [5.74, 6) is 1.29. The van der Waals surface area contributed by atoms with E-state index in [1.54, 1.807) is 18.2 Å². The van der Waals surface area contributed by atoms with Crippen molar-refractivity contribution in [3.63, 3.8) is 0 Å². The van der Waals surface area contributed by atoms with Crippen molar-refractivity contribution in [2.75, 3.05) is 0 Å². The van der Waals surface area contributed by atoms with Gasteiger partial charge in [0, 0.05) is 11.6 Å². The molecule has 0 atom stereocenters. The highest BCUT2D eigenvalue weighted by Gasteiger charge is 2.12. The summed E-state index contributed by atoms with van der Waals surface area (Å²) in [7, 11) is 0. The Kier molecular flexibility index (Phi) is 5.18. The van der Waals surface area contributed by atoms with E-state index in [0.29, 0.717) is 17.3 Å². The third kappa shape index (κ3) is 4.18. The molecule has 5 heteroatoms. The van der Waals surface area contributed by atoms with Crippen LogP contribution in [0.4, 0.5) is 0 Å². The lowest BCUT2D eigenvalue weighted by Crippen LogP contribution is -2.22. The van der Waals surface area contributed by atoms with Crippen molar-refractivity contribution in [2.24, 2.45) is 0 Å². The Morgan fingerprint density at radius 3 is 2.54 bits per heavy atom. The SMILES string of the molecule is O=C(NCc1ccccc1Cl)c1ccc(COc2ccccc2)o1. The monoisotopic (exact) mass is 341 g/mol. The molecule has 0 aliphatic heterocycles. The minimum Gasteiger partial charge on any atom is -0.486 e. The molecule has 3 aromatic rings. The lowest BCUT2D eigenvalue weighted by atomic mass is 10.2. The average molecular weight is 342 g/mol. The lowest BCUT2D eigenvalue weighted by molar-refractivity contribution is 0.0919. The van der Waals surface area contributed by atoms with E-state index in [-0.39, 0.29) is 18.3 Å². The average Bonchev–Trinajstić information content (AvgIpc) is 3.09. The Morgan fingerprint density at radius 1 is 1.00 bits per heavy atom. The van der Waals surface area contributed by atoms with Gasteiger partial charge in [0.05, 0.1) is 0 Å². The largest absolute Gasteiger partial charge is 0.486 e. The molecule has 0 aliphatic carbocycles. The summed E-state index contributed by atoms with van der Waals surface area (Å²) in [6, 6.07) is 20.2. The second-order valence-corrected chi connectivity index (χ2v) is 5.55. The van der Waals surface area contributed by atoms with Crippen LogP contribution in [0.3, 0.4) is 0 Å². The Hall–Kier alpha value is -2.72. The van der Waals surface area contributed by atoms with Crippen LogP contribution in [0.25, 0.3) is 0 Å². The van der Waals surface area contributed by atoms with Gasteiger partial charge in [0.1, 0.15) is 18.1 Å². The molecule has 2 aromatic carbocycles. The van der Waals surface area contributed by atoms with Gasteiger partial charge in [-0.1, -0.05) is 48.0 Å².